The summed E-state index contributed by atoms with van der Waals surface area (Å²) in [6.07, 6.45) is 0.155. The van der Waals surface area contributed by atoms with Crippen LogP contribution in [0.2, 0.25) is 0 Å². The molecule has 1 aliphatic rings. The maximum atomic E-state index is 12.8. The zero-order chi connectivity index (χ0) is 23.7. The number of fused-ring (bicyclic) bond motifs is 1. The minimum Gasteiger partial charge on any atom is -0.493 e. The number of benzene rings is 2. The molecule has 1 atom stereocenters. The average molecular weight is 463 g/mol. The molecule has 0 unspecified atom stereocenters. The molecule has 1 amide bonds. The highest BCUT2D eigenvalue weighted by Gasteiger charge is 2.35. The summed E-state index contributed by atoms with van der Waals surface area (Å²) in [5.74, 6) is 1.10. The van der Waals surface area contributed by atoms with Gasteiger partial charge in [-0.05, 0) is 40.8 Å². The molecule has 3 rings (SSSR count). The second-order valence-corrected chi connectivity index (χ2v) is 10.6. The average Bonchev–Trinajstić information content (AvgIpc) is 2.74. The Kier molecular flexibility index (Phi) is 6.59. The van der Waals surface area contributed by atoms with Crippen LogP contribution in [-0.2, 0) is 26.8 Å². The van der Waals surface area contributed by atoms with Crippen LogP contribution >= 0.6 is 0 Å². The Morgan fingerprint density at radius 3 is 2.41 bits per heavy atom. The smallest absolute Gasteiger partial charge is 0.263 e. The second-order valence-electron chi connectivity index (χ2n) is 8.74. The molecule has 1 aliphatic heterocycles. The van der Waals surface area contributed by atoms with Gasteiger partial charge in [0.05, 0.1) is 32.7 Å². The van der Waals surface area contributed by atoms with Crippen LogP contribution in [0.4, 0.5) is 5.69 Å². The molecule has 0 radical (unpaired) electrons. The van der Waals surface area contributed by atoms with Gasteiger partial charge in [-0.15, -0.1) is 0 Å². The molecule has 0 saturated carbocycles. The molecule has 1 heterocycles. The first-order chi connectivity index (χ1) is 14.9. The van der Waals surface area contributed by atoms with E-state index in [9.17, 15) is 13.2 Å². The fourth-order valence-corrected chi connectivity index (χ4v) is 4.37. The fourth-order valence-electron chi connectivity index (χ4n) is 3.46. The van der Waals surface area contributed by atoms with E-state index in [0.717, 1.165) is 17.4 Å². The fraction of sp³-hybridized carbons (Fsp3) is 0.435. The second kappa shape index (κ2) is 8.90. The lowest BCUT2D eigenvalue weighted by Gasteiger charge is -2.35. The molecule has 0 bridgehead atoms. The lowest BCUT2D eigenvalue weighted by atomic mass is 9.86. The van der Waals surface area contributed by atoms with Gasteiger partial charge in [0, 0.05) is 6.54 Å². The number of amides is 1. The Labute approximate surface area is 189 Å². The number of nitrogens with one attached hydrogen (secondary N) is 1. The number of methoxy groups -OCH3 is 2. The summed E-state index contributed by atoms with van der Waals surface area (Å²) < 4.78 is 42.6. The summed E-state index contributed by atoms with van der Waals surface area (Å²) in [5.41, 5.74) is 2.07. The number of rotatable bonds is 6. The van der Waals surface area contributed by atoms with Gasteiger partial charge in [-0.2, -0.15) is 0 Å². The number of nitrogens with zero attached hydrogens (tertiary/aromatic N) is 1. The Balaban J connectivity index is 1.80. The number of carbonyl (C=O) groups excluding carboxylic acids is 1. The number of ether oxygens (including phenoxy) is 3. The van der Waals surface area contributed by atoms with Crippen LogP contribution in [0.3, 0.4) is 0 Å². The van der Waals surface area contributed by atoms with E-state index in [1.54, 1.807) is 32.4 Å². The summed E-state index contributed by atoms with van der Waals surface area (Å²) in [6.45, 7) is 6.28. The molecular formula is C23H30N2O6S. The van der Waals surface area contributed by atoms with E-state index >= 15 is 0 Å². The van der Waals surface area contributed by atoms with Gasteiger partial charge in [0.25, 0.3) is 5.91 Å². The monoisotopic (exact) mass is 462 g/mol. The summed E-state index contributed by atoms with van der Waals surface area (Å²) in [4.78, 5) is 12.8. The van der Waals surface area contributed by atoms with Crippen molar-refractivity contribution < 1.29 is 27.4 Å². The Morgan fingerprint density at radius 1 is 1.12 bits per heavy atom. The normalized spacial score (nSPS) is 16.1. The van der Waals surface area contributed by atoms with E-state index in [1.807, 2.05) is 39.0 Å². The first kappa shape index (κ1) is 23.7. The van der Waals surface area contributed by atoms with Gasteiger partial charge < -0.3 is 19.5 Å². The Bertz CT molecular complexity index is 1110. The molecule has 8 nitrogen and oxygen atoms in total. The van der Waals surface area contributed by atoms with Crippen molar-refractivity contribution in [2.24, 2.45) is 0 Å². The van der Waals surface area contributed by atoms with Crippen molar-refractivity contribution in [1.82, 2.24) is 5.32 Å². The van der Waals surface area contributed by atoms with Gasteiger partial charge in [-0.25, -0.2) is 8.42 Å². The molecule has 174 valence electrons. The van der Waals surface area contributed by atoms with Gasteiger partial charge in [0.2, 0.25) is 10.0 Å². The van der Waals surface area contributed by atoms with Gasteiger partial charge >= 0.3 is 0 Å². The highest BCUT2D eigenvalue weighted by Crippen LogP contribution is 2.38. The molecule has 0 saturated heterocycles. The summed E-state index contributed by atoms with van der Waals surface area (Å²) in [5, 5.41) is 2.81. The molecule has 32 heavy (non-hydrogen) atoms. The first-order valence-corrected chi connectivity index (χ1v) is 12.1. The van der Waals surface area contributed by atoms with E-state index in [4.69, 9.17) is 14.2 Å². The summed E-state index contributed by atoms with van der Waals surface area (Å²) in [7, 11) is -0.518. The number of sulfonamides is 1. The van der Waals surface area contributed by atoms with E-state index in [2.05, 4.69) is 5.32 Å². The van der Waals surface area contributed by atoms with E-state index in [-0.39, 0.29) is 18.5 Å². The highest BCUT2D eigenvalue weighted by molar-refractivity contribution is 7.92. The third kappa shape index (κ3) is 5.09. The van der Waals surface area contributed by atoms with Crippen molar-refractivity contribution in [3.63, 3.8) is 0 Å². The molecule has 0 aliphatic carbocycles. The predicted molar refractivity (Wildman–Crippen MR) is 123 cm³/mol. The van der Waals surface area contributed by atoms with Gasteiger partial charge in [-0.3, -0.25) is 9.10 Å². The van der Waals surface area contributed by atoms with Crippen LogP contribution in [0.5, 0.6) is 17.2 Å². The van der Waals surface area contributed by atoms with Crippen molar-refractivity contribution in [1.29, 1.82) is 0 Å². The predicted octanol–water partition coefficient (Wildman–Crippen LogP) is 2.84. The Hall–Kier alpha value is -2.94. The molecular weight excluding hydrogens is 432 g/mol. The van der Waals surface area contributed by atoms with Crippen LogP contribution in [0.1, 0.15) is 31.9 Å². The van der Waals surface area contributed by atoms with Gasteiger partial charge in [0.15, 0.2) is 17.6 Å². The zero-order valence-electron chi connectivity index (χ0n) is 19.3. The SMILES string of the molecule is COc1ccc(CNC(=O)[C@H]2CN(S(C)(=O)=O)c3cc(C(C)(C)C)ccc3O2)cc1OC. The summed E-state index contributed by atoms with van der Waals surface area (Å²) >= 11 is 0. The van der Waals surface area contributed by atoms with Crippen LogP contribution < -0.4 is 23.8 Å². The summed E-state index contributed by atoms with van der Waals surface area (Å²) in [6, 6.07) is 10.8. The molecule has 0 fully saturated rings. The lowest BCUT2D eigenvalue weighted by molar-refractivity contribution is -0.127. The van der Waals surface area contributed by atoms with Crippen molar-refractivity contribution in [3.05, 3.63) is 47.5 Å². The molecule has 9 heteroatoms. The van der Waals surface area contributed by atoms with E-state index in [0.29, 0.717) is 22.9 Å². The van der Waals surface area contributed by atoms with Crippen LogP contribution in [0, 0.1) is 0 Å². The van der Waals surface area contributed by atoms with Crippen LogP contribution in [-0.4, -0.2) is 47.4 Å². The minimum absolute atomic E-state index is 0.100. The maximum absolute atomic E-state index is 12.8. The third-order valence-corrected chi connectivity index (χ3v) is 6.45. The Morgan fingerprint density at radius 2 is 1.81 bits per heavy atom. The van der Waals surface area contributed by atoms with E-state index < -0.39 is 22.0 Å². The number of anilines is 1. The molecule has 0 spiro atoms. The largest absolute Gasteiger partial charge is 0.493 e. The number of carbonyl (C=O) groups is 1. The quantitative estimate of drug-likeness (QED) is 0.710. The lowest BCUT2D eigenvalue weighted by Crippen LogP contribution is -2.50. The molecule has 0 aromatic heterocycles. The van der Waals surface area contributed by atoms with Crippen molar-refractivity contribution >= 4 is 21.6 Å². The maximum Gasteiger partial charge on any atom is 0.263 e. The number of hydrogen-bond acceptors (Lipinski definition) is 6. The van der Waals surface area contributed by atoms with Crippen molar-refractivity contribution in [2.75, 3.05) is 31.3 Å². The molecule has 2 aromatic carbocycles. The number of hydrogen-bond donors (Lipinski definition) is 1. The van der Waals surface area contributed by atoms with Crippen LogP contribution in [0.15, 0.2) is 36.4 Å². The topological polar surface area (TPSA) is 94.2 Å². The van der Waals surface area contributed by atoms with Crippen molar-refractivity contribution in [3.8, 4) is 17.2 Å². The van der Waals surface area contributed by atoms with E-state index in [1.165, 1.54) is 4.31 Å². The molecule has 1 N–H and O–H groups in total. The minimum atomic E-state index is -3.61. The first-order valence-electron chi connectivity index (χ1n) is 10.2. The van der Waals surface area contributed by atoms with Gasteiger partial charge in [-0.1, -0.05) is 32.9 Å². The van der Waals surface area contributed by atoms with Crippen LogP contribution in [0.25, 0.3) is 0 Å². The van der Waals surface area contributed by atoms with Gasteiger partial charge in [0.1, 0.15) is 5.75 Å². The molecule has 2 aromatic rings. The highest BCUT2D eigenvalue weighted by atomic mass is 32.2. The zero-order valence-corrected chi connectivity index (χ0v) is 20.1. The third-order valence-electron chi connectivity index (χ3n) is 5.30. The standard InChI is InChI=1S/C23H30N2O6S/c1-23(2,3)16-8-10-18-17(12-16)25(32(6,27)28)14-21(31-18)22(26)24-13-15-7-9-19(29-4)20(11-15)30-5/h7-12,21H,13-14H2,1-6H3,(H,24,26)/t21-/m1/s1. The van der Waals surface area contributed by atoms with Crippen molar-refractivity contribution in [2.45, 2.75) is 38.8 Å².